The van der Waals surface area contributed by atoms with E-state index in [1.54, 1.807) is 0 Å². The van der Waals surface area contributed by atoms with Gasteiger partial charge in [0, 0.05) is 0 Å². The zero-order chi connectivity index (χ0) is 16.6. The van der Waals surface area contributed by atoms with Gasteiger partial charge in [-0.1, -0.05) is 23.7 Å². The Balaban J connectivity index is 1.98. The summed E-state index contributed by atoms with van der Waals surface area (Å²) in [4.78, 5) is 15.7. The predicted octanol–water partition coefficient (Wildman–Crippen LogP) is 4.10. The first-order valence-electron chi connectivity index (χ1n) is 6.37. The Hall–Kier alpha value is -2.60. The van der Waals surface area contributed by atoms with Crippen molar-refractivity contribution in [1.82, 2.24) is 0 Å². The van der Waals surface area contributed by atoms with Crippen LogP contribution in [0.4, 0.5) is 13.2 Å². The van der Waals surface area contributed by atoms with E-state index in [4.69, 9.17) is 16.3 Å². The normalized spacial score (nSPS) is 15.7. The largest absolute Gasteiger partial charge is 0.402 e. The predicted molar refractivity (Wildman–Crippen MR) is 78.4 cm³/mol. The molecule has 2 aromatic carbocycles. The molecule has 23 heavy (non-hydrogen) atoms. The van der Waals surface area contributed by atoms with Gasteiger partial charge in [0.1, 0.15) is 5.82 Å². The van der Waals surface area contributed by atoms with E-state index in [1.807, 2.05) is 0 Å². The second-order valence-electron chi connectivity index (χ2n) is 4.63. The number of carbonyl (C=O) groups is 1. The fourth-order valence-electron chi connectivity index (χ4n) is 1.93. The zero-order valence-electron chi connectivity index (χ0n) is 11.3. The Bertz CT molecular complexity index is 860. The number of halogens is 4. The van der Waals surface area contributed by atoms with Gasteiger partial charge in [-0.2, -0.15) is 0 Å². The molecule has 0 radical (unpaired) electrons. The van der Waals surface area contributed by atoms with Gasteiger partial charge in [0.05, 0.1) is 10.6 Å². The second kappa shape index (κ2) is 5.89. The molecule has 116 valence electrons. The van der Waals surface area contributed by atoms with E-state index in [9.17, 15) is 18.0 Å². The van der Waals surface area contributed by atoms with Crippen molar-refractivity contribution in [3.63, 3.8) is 0 Å². The fourth-order valence-corrected chi connectivity index (χ4v) is 2.16. The average Bonchev–Trinajstić information content (AvgIpc) is 2.86. The monoisotopic (exact) mass is 337 g/mol. The van der Waals surface area contributed by atoms with Crippen LogP contribution in [-0.4, -0.2) is 11.9 Å². The maximum absolute atomic E-state index is 13.3. The van der Waals surface area contributed by atoms with Crippen molar-refractivity contribution in [1.29, 1.82) is 0 Å². The SMILES string of the molecule is O=C1OC(c2cc(F)c(F)cc2Cl)=N/C1=C/c1ccc(F)cc1. The van der Waals surface area contributed by atoms with Crippen molar-refractivity contribution in [2.24, 2.45) is 4.99 Å². The molecule has 0 saturated carbocycles. The van der Waals surface area contributed by atoms with Crippen LogP contribution in [0.25, 0.3) is 6.08 Å². The summed E-state index contributed by atoms with van der Waals surface area (Å²) in [6.45, 7) is 0. The van der Waals surface area contributed by atoms with Crippen LogP contribution in [0.1, 0.15) is 11.1 Å². The lowest BCUT2D eigenvalue weighted by Crippen LogP contribution is -2.07. The molecule has 0 N–H and O–H groups in total. The summed E-state index contributed by atoms with van der Waals surface area (Å²) in [5.74, 6) is -3.68. The number of aliphatic imine (C=N–C) groups is 1. The Labute approximate surface area is 133 Å². The molecule has 0 fully saturated rings. The molecule has 0 bridgehead atoms. The van der Waals surface area contributed by atoms with Gasteiger partial charge < -0.3 is 4.74 Å². The maximum atomic E-state index is 13.3. The zero-order valence-corrected chi connectivity index (χ0v) is 12.1. The fraction of sp³-hybridized carbons (Fsp3) is 0. The first-order valence-corrected chi connectivity index (χ1v) is 6.75. The number of benzene rings is 2. The molecular weight excluding hydrogens is 331 g/mol. The summed E-state index contributed by atoms with van der Waals surface area (Å²) in [7, 11) is 0. The molecule has 3 rings (SSSR count). The first kappa shape index (κ1) is 15.3. The molecule has 1 aliphatic heterocycles. The van der Waals surface area contributed by atoms with Gasteiger partial charge in [0.15, 0.2) is 17.3 Å². The number of rotatable bonds is 2. The third-order valence-electron chi connectivity index (χ3n) is 3.03. The van der Waals surface area contributed by atoms with Crippen molar-refractivity contribution in [3.8, 4) is 0 Å². The minimum atomic E-state index is -1.14. The molecule has 0 saturated heterocycles. The highest BCUT2D eigenvalue weighted by molar-refractivity contribution is 6.34. The smallest absolute Gasteiger partial charge is 0.363 e. The molecule has 0 unspecified atom stereocenters. The number of carbonyl (C=O) groups excluding carboxylic acids is 1. The van der Waals surface area contributed by atoms with Gasteiger partial charge in [0.2, 0.25) is 5.90 Å². The number of cyclic esters (lactones) is 1. The van der Waals surface area contributed by atoms with Crippen LogP contribution in [0.5, 0.6) is 0 Å². The van der Waals surface area contributed by atoms with E-state index in [1.165, 1.54) is 30.3 Å². The van der Waals surface area contributed by atoms with E-state index >= 15 is 0 Å². The third kappa shape index (κ3) is 3.12. The van der Waals surface area contributed by atoms with Crippen LogP contribution in [0.2, 0.25) is 5.02 Å². The third-order valence-corrected chi connectivity index (χ3v) is 3.35. The molecule has 3 nitrogen and oxygen atoms in total. The molecule has 7 heteroatoms. The number of hydrogen-bond donors (Lipinski definition) is 0. The van der Waals surface area contributed by atoms with Crippen LogP contribution in [0.3, 0.4) is 0 Å². The lowest BCUT2D eigenvalue weighted by molar-refractivity contribution is -0.129. The number of hydrogen-bond acceptors (Lipinski definition) is 3. The Morgan fingerprint density at radius 3 is 2.39 bits per heavy atom. The molecule has 0 aromatic heterocycles. The quantitative estimate of drug-likeness (QED) is 0.470. The highest BCUT2D eigenvalue weighted by atomic mass is 35.5. The summed E-state index contributed by atoms with van der Waals surface area (Å²) >= 11 is 5.81. The summed E-state index contributed by atoms with van der Waals surface area (Å²) in [6, 6.07) is 6.92. The van der Waals surface area contributed by atoms with E-state index < -0.39 is 23.4 Å². The molecule has 1 aliphatic rings. The van der Waals surface area contributed by atoms with Crippen LogP contribution in [0, 0.1) is 17.5 Å². The topological polar surface area (TPSA) is 38.7 Å². The van der Waals surface area contributed by atoms with Crippen molar-refractivity contribution in [3.05, 3.63) is 75.7 Å². The Morgan fingerprint density at radius 1 is 1.04 bits per heavy atom. The summed E-state index contributed by atoms with van der Waals surface area (Å²) in [5, 5.41) is -0.140. The molecule has 0 spiro atoms. The second-order valence-corrected chi connectivity index (χ2v) is 5.04. The average molecular weight is 338 g/mol. The van der Waals surface area contributed by atoms with E-state index in [0.717, 1.165) is 12.1 Å². The Kier molecular flexibility index (Phi) is 3.92. The van der Waals surface area contributed by atoms with E-state index in [2.05, 4.69) is 4.99 Å². The summed E-state index contributed by atoms with van der Waals surface area (Å²) in [5.41, 5.74) is 0.425. The van der Waals surface area contributed by atoms with Gasteiger partial charge in [-0.3, -0.25) is 0 Å². The molecule has 2 aromatic rings. The van der Waals surface area contributed by atoms with Crippen LogP contribution >= 0.6 is 11.6 Å². The van der Waals surface area contributed by atoms with Gasteiger partial charge in [-0.05, 0) is 35.9 Å². The van der Waals surface area contributed by atoms with Crippen LogP contribution in [-0.2, 0) is 9.53 Å². The molecule has 1 heterocycles. The van der Waals surface area contributed by atoms with Crippen LogP contribution in [0.15, 0.2) is 47.1 Å². The van der Waals surface area contributed by atoms with Gasteiger partial charge >= 0.3 is 5.97 Å². The van der Waals surface area contributed by atoms with E-state index in [0.29, 0.717) is 5.56 Å². The molecular formula is C16H7ClF3NO2. The van der Waals surface area contributed by atoms with Gasteiger partial charge in [-0.15, -0.1) is 0 Å². The number of esters is 1. The molecule has 0 atom stereocenters. The lowest BCUT2D eigenvalue weighted by atomic mass is 10.2. The highest BCUT2D eigenvalue weighted by Gasteiger charge is 2.26. The maximum Gasteiger partial charge on any atom is 0.363 e. The number of nitrogens with zero attached hydrogens (tertiary/aromatic N) is 1. The van der Waals surface area contributed by atoms with Crippen molar-refractivity contribution in [2.45, 2.75) is 0 Å². The summed E-state index contributed by atoms with van der Waals surface area (Å²) < 4.78 is 44.2. The van der Waals surface area contributed by atoms with Gasteiger partial charge in [0.25, 0.3) is 0 Å². The molecule has 0 amide bonds. The first-order chi connectivity index (χ1) is 10.9. The van der Waals surface area contributed by atoms with E-state index in [-0.39, 0.29) is 22.2 Å². The minimum Gasteiger partial charge on any atom is -0.402 e. The minimum absolute atomic E-state index is 0.0403. The van der Waals surface area contributed by atoms with Crippen molar-refractivity contribution >= 4 is 29.5 Å². The molecule has 0 aliphatic carbocycles. The summed E-state index contributed by atoms with van der Waals surface area (Å²) in [6.07, 6.45) is 1.38. The Morgan fingerprint density at radius 2 is 1.70 bits per heavy atom. The van der Waals surface area contributed by atoms with Crippen LogP contribution < -0.4 is 0 Å². The highest BCUT2D eigenvalue weighted by Crippen LogP contribution is 2.25. The lowest BCUT2D eigenvalue weighted by Gasteiger charge is -2.03. The van der Waals surface area contributed by atoms with Crippen molar-refractivity contribution in [2.75, 3.05) is 0 Å². The van der Waals surface area contributed by atoms with Gasteiger partial charge in [-0.25, -0.2) is 23.0 Å². The van der Waals surface area contributed by atoms with Crippen molar-refractivity contribution < 1.29 is 22.7 Å². The number of ether oxygens (including phenoxy) is 1. The standard InChI is InChI=1S/C16H7ClF3NO2/c17-11-7-13(20)12(19)6-10(11)15-21-14(16(22)23-15)5-8-1-3-9(18)4-2-8/h1-7H/b14-5+.